The maximum absolute atomic E-state index is 13.7. The molecule has 6 nitrogen and oxygen atoms in total. The summed E-state index contributed by atoms with van der Waals surface area (Å²) in [4.78, 5) is 33.1. The van der Waals surface area contributed by atoms with Crippen LogP contribution in [0.15, 0.2) is 68.4 Å². The molecule has 1 aliphatic rings. The largest absolute Gasteiger partial charge is 0.492 e. The number of halogens is 1. The minimum atomic E-state index is -0.644. The van der Waals surface area contributed by atoms with Crippen molar-refractivity contribution in [3.05, 3.63) is 89.6 Å². The van der Waals surface area contributed by atoms with Gasteiger partial charge >= 0.3 is 5.97 Å². The molecule has 0 radical (unpaired) electrons. The smallest absolute Gasteiger partial charge is 0.338 e. The Bertz CT molecular complexity index is 1500. The van der Waals surface area contributed by atoms with Crippen molar-refractivity contribution in [3.63, 3.8) is 0 Å². The van der Waals surface area contributed by atoms with Gasteiger partial charge in [-0.15, -0.1) is 11.8 Å². The first kappa shape index (κ1) is 26.3. The molecule has 36 heavy (non-hydrogen) atoms. The number of hydrogen-bond acceptors (Lipinski definition) is 7. The van der Waals surface area contributed by atoms with Crippen LogP contribution >= 0.6 is 34.7 Å². The molecule has 0 saturated carbocycles. The zero-order chi connectivity index (χ0) is 26.0. The summed E-state index contributed by atoms with van der Waals surface area (Å²) in [6.07, 6.45) is 3.48. The van der Waals surface area contributed by atoms with E-state index in [0.717, 1.165) is 16.0 Å². The van der Waals surface area contributed by atoms with Gasteiger partial charge in [-0.25, -0.2) is 9.79 Å². The predicted octanol–water partition coefficient (Wildman–Crippen LogP) is 4.96. The van der Waals surface area contributed by atoms with Crippen molar-refractivity contribution in [1.82, 2.24) is 4.57 Å². The minimum Gasteiger partial charge on any atom is -0.492 e. The van der Waals surface area contributed by atoms with Crippen LogP contribution in [0.3, 0.4) is 0 Å². The molecule has 0 N–H and O–H groups in total. The fourth-order valence-electron chi connectivity index (χ4n) is 3.99. The van der Waals surface area contributed by atoms with Crippen LogP contribution in [-0.2, 0) is 9.53 Å². The highest BCUT2D eigenvalue weighted by molar-refractivity contribution is 7.98. The lowest BCUT2D eigenvalue weighted by Crippen LogP contribution is -2.40. The number of benzene rings is 2. The third kappa shape index (κ3) is 5.31. The molecule has 3 aromatic rings. The fraction of sp³-hybridized carbons (Fsp3) is 0.296. The topological polar surface area (TPSA) is 69.9 Å². The number of allylic oxidation sites excluding steroid dienone is 1. The second-order valence-corrected chi connectivity index (χ2v) is 10.7. The second-order valence-electron chi connectivity index (χ2n) is 8.43. The summed E-state index contributed by atoms with van der Waals surface area (Å²) in [6, 6.07) is 12.6. The number of carbonyl (C=O) groups excluding carboxylic acids is 1. The molecule has 0 amide bonds. The Kier molecular flexibility index (Phi) is 8.07. The first-order chi connectivity index (χ1) is 17.2. The number of aromatic nitrogens is 1. The molecule has 0 saturated heterocycles. The van der Waals surface area contributed by atoms with Gasteiger partial charge in [0.05, 0.1) is 39.6 Å². The monoisotopic (exact) mass is 542 g/mol. The lowest BCUT2D eigenvalue weighted by atomic mass is 9.96. The number of esters is 1. The van der Waals surface area contributed by atoms with Gasteiger partial charge in [-0.2, -0.15) is 0 Å². The molecule has 1 atom stereocenters. The van der Waals surface area contributed by atoms with Gasteiger partial charge in [0.25, 0.3) is 5.56 Å². The molecule has 2 heterocycles. The average molecular weight is 543 g/mol. The fourth-order valence-corrected chi connectivity index (χ4v) is 5.69. The summed E-state index contributed by atoms with van der Waals surface area (Å²) >= 11 is 9.26. The third-order valence-electron chi connectivity index (χ3n) is 5.57. The number of nitrogens with zero attached hydrogens (tertiary/aromatic N) is 2. The SMILES string of the molecule is CCOc1ccc(/C=c2\sc3n(c2=O)[C@@H](c2ccc(SC)cc2)C(C(=O)OC(C)C)=C(C)N=3)cc1Cl. The van der Waals surface area contributed by atoms with E-state index >= 15 is 0 Å². The minimum absolute atomic E-state index is 0.231. The summed E-state index contributed by atoms with van der Waals surface area (Å²) in [6.45, 7) is 7.78. The number of rotatable bonds is 7. The molecule has 0 fully saturated rings. The second kappa shape index (κ2) is 11.1. The van der Waals surface area contributed by atoms with Gasteiger partial charge in [0.15, 0.2) is 4.80 Å². The number of carbonyl (C=O) groups is 1. The molecule has 1 aliphatic heterocycles. The quantitative estimate of drug-likeness (QED) is 0.312. The van der Waals surface area contributed by atoms with E-state index in [2.05, 4.69) is 4.99 Å². The number of thiazole rings is 1. The van der Waals surface area contributed by atoms with Gasteiger partial charge in [-0.1, -0.05) is 41.1 Å². The summed E-state index contributed by atoms with van der Waals surface area (Å²) < 4.78 is 13.1. The highest BCUT2D eigenvalue weighted by atomic mass is 35.5. The van der Waals surface area contributed by atoms with Crippen molar-refractivity contribution in [1.29, 1.82) is 0 Å². The van der Waals surface area contributed by atoms with Crippen LogP contribution in [0, 0.1) is 0 Å². The zero-order valence-corrected chi connectivity index (χ0v) is 23.1. The summed E-state index contributed by atoms with van der Waals surface area (Å²) in [5.41, 5.74) is 2.25. The van der Waals surface area contributed by atoms with E-state index < -0.39 is 12.0 Å². The zero-order valence-electron chi connectivity index (χ0n) is 20.7. The van der Waals surface area contributed by atoms with Crippen LogP contribution in [0.2, 0.25) is 5.02 Å². The Morgan fingerprint density at radius 1 is 1.25 bits per heavy atom. The molecule has 9 heteroatoms. The van der Waals surface area contributed by atoms with E-state index in [4.69, 9.17) is 21.1 Å². The molecular formula is C27H27ClN2O4S2. The molecule has 4 rings (SSSR count). The first-order valence-electron chi connectivity index (χ1n) is 11.5. The third-order valence-corrected chi connectivity index (χ3v) is 7.59. The van der Waals surface area contributed by atoms with Crippen LogP contribution in [-0.4, -0.2) is 29.5 Å². The Morgan fingerprint density at radius 2 is 1.97 bits per heavy atom. The molecule has 0 unspecified atom stereocenters. The number of fused-ring (bicyclic) bond motifs is 1. The Morgan fingerprint density at radius 3 is 2.58 bits per heavy atom. The molecule has 188 valence electrons. The summed E-state index contributed by atoms with van der Waals surface area (Å²) in [5, 5.41) is 0.472. The summed E-state index contributed by atoms with van der Waals surface area (Å²) in [7, 11) is 0. The highest BCUT2D eigenvalue weighted by Gasteiger charge is 2.33. The Labute approximate surface area is 222 Å². The van der Waals surface area contributed by atoms with Crippen molar-refractivity contribution in [3.8, 4) is 5.75 Å². The van der Waals surface area contributed by atoms with Crippen molar-refractivity contribution < 1.29 is 14.3 Å². The van der Waals surface area contributed by atoms with Crippen LogP contribution in [0.1, 0.15) is 44.9 Å². The van der Waals surface area contributed by atoms with Gasteiger partial charge in [0.2, 0.25) is 0 Å². The van der Waals surface area contributed by atoms with Crippen molar-refractivity contribution in [2.24, 2.45) is 4.99 Å². The van der Waals surface area contributed by atoms with Crippen LogP contribution < -0.4 is 19.6 Å². The van der Waals surface area contributed by atoms with E-state index in [1.807, 2.05) is 43.5 Å². The summed E-state index contributed by atoms with van der Waals surface area (Å²) in [5.74, 6) is 0.119. The van der Waals surface area contributed by atoms with Crippen LogP contribution in [0.25, 0.3) is 6.08 Å². The van der Waals surface area contributed by atoms with Crippen molar-refractivity contribution in [2.45, 2.75) is 44.7 Å². The number of thioether (sulfide) groups is 1. The van der Waals surface area contributed by atoms with Gasteiger partial charge in [0, 0.05) is 4.90 Å². The van der Waals surface area contributed by atoms with E-state index in [9.17, 15) is 9.59 Å². The van der Waals surface area contributed by atoms with Gasteiger partial charge in [-0.05, 0) is 75.4 Å². The van der Waals surface area contributed by atoms with E-state index in [0.29, 0.717) is 38.0 Å². The molecular weight excluding hydrogens is 516 g/mol. The standard InChI is InChI=1S/C27H27ClN2O4S2/c1-6-33-21-12-7-17(13-20(21)28)14-22-25(31)30-24(18-8-10-19(35-5)11-9-18)23(26(32)34-15(2)3)16(4)29-27(30)36-22/h7-15,24H,6H2,1-5H3/b22-14-/t24-/m0/s1. The van der Waals surface area contributed by atoms with Crippen LogP contribution in [0.4, 0.5) is 0 Å². The van der Waals surface area contributed by atoms with Gasteiger partial charge in [0.1, 0.15) is 5.75 Å². The number of ether oxygens (including phenoxy) is 2. The lowest BCUT2D eigenvalue weighted by Gasteiger charge is -2.25. The van der Waals surface area contributed by atoms with Crippen LogP contribution in [0.5, 0.6) is 5.75 Å². The number of hydrogen-bond donors (Lipinski definition) is 0. The Balaban J connectivity index is 1.89. The maximum Gasteiger partial charge on any atom is 0.338 e. The van der Waals surface area contributed by atoms with E-state index in [1.165, 1.54) is 11.3 Å². The van der Waals surface area contributed by atoms with Crippen molar-refractivity contribution >= 4 is 46.7 Å². The highest BCUT2D eigenvalue weighted by Crippen LogP contribution is 2.32. The Hall–Kier alpha value is -2.81. The molecule has 0 aliphatic carbocycles. The normalized spacial score (nSPS) is 15.6. The molecule has 0 bridgehead atoms. The van der Waals surface area contributed by atoms with E-state index in [1.54, 1.807) is 55.3 Å². The maximum atomic E-state index is 13.7. The van der Waals surface area contributed by atoms with Crippen molar-refractivity contribution in [2.75, 3.05) is 12.9 Å². The van der Waals surface area contributed by atoms with E-state index in [-0.39, 0.29) is 11.7 Å². The van der Waals surface area contributed by atoms with Gasteiger partial charge in [-0.3, -0.25) is 9.36 Å². The first-order valence-corrected chi connectivity index (χ1v) is 13.9. The molecule has 1 aromatic heterocycles. The van der Waals surface area contributed by atoms with Gasteiger partial charge < -0.3 is 9.47 Å². The average Bonchev–Trinajstić information content (AvgIpc) is 3.14. The lowest BCUT2D eigenvalue weighted by molar-refractivity contribution is -0.143. The predicted molar refractivity (Wildman–Crippen MR) is 146 cm³/mol. The molecule has 2 aromatic carbocycles. The molecule has 0 spiro atoms.